The van der Waals surface area contributed by atoms with Crippen LogP contribution in [0.2, 0.25) is 0 Å². The van der Waals surface area contributed by atoms with Crippen LogP contribution >= 0.6 is 11.8 Å². The summed E-state index contributed by atoms with van der Waals surface area (Å²) in [6.45, 7) is 6.21. The minimum absolute atomic E-state index is 0.788. The van der Waals surface area contributed by atoms with Gasteiger partial charge in [0.1, 0.15) is 0 Å². The molecule has 1 aromatic rings. The number of thioether (sulfide) groups is 1. The van der Waals surface area contributed by atoms with Gasteiger partial charge in [0.05, 0.1) is 5.69 Å². The molecule has 15 heavy (non-hydrogen) atoms. The molecule has 1 unspecified atom stereocenters. The summed E-state index contributed by atoms with van der Waals surface area (Å²) in [5.74, 6) is 2.36. The normalized spacial score (nSPS) is 20.8. The summed E-state index contributed by atoms with van der Waals surface area (Å²) in [6, 6.07) is 0. The third-order valence-corrected chi connectivity index (χ3v) is 4.04. The molecule has 1 aromatic heterocycles. The van der Waals surface area contributed by atoms with Crippen molar-refractivity contribution in [1.82, 2.24) is 9.55 Å². The van der Waals surface area contributed by atoms with E-state index in [4.69, 9.17) is 0 Å². The van der Waals surface area contributed by atoms with Crippen molar-refractivity contribution in [2.45, 2.75) is 38.5 Å². The number of rotatable bonds is 4. The van der Waals surface area contributed by atoms with Gasteiger partial charge in [0, 0.05) is 24.5 Å². The van der Waals surface area contributed by atoms with Gasteiger partial charge in [-0.15, -0.1) is 0 Å². The number of nitrogens with one attached hydrogen (secondary N) is 1. The molecule has 4 heteroatoms. The van der Waals surface area contributed by atoms with Crippen molar-refractivity contribution in [1.29, 1.82) is 0 Å². The summed E-state index contributed by atoms with van der Waals surface area (Å²) in [6.07, 6.45) is 4.88. The Balaban J connectivity index is 2.04. The number of aryl methyl sites for hydroxylation is 1. The minimum Gasteiger partial charge on any atom is -0.356 e. The summed E-state index contributed by atoms with van der Waals surface area (Å²) in [5, 5.41) is 4.10. The summed E-state index contributed by atoms with van der Waals surface area (Å²) in [5.41, 5.74) is 1.11. The molecule has 1 fully saturated rings. The number of hydrogen-bond acceptors (Lipinski definition) is 3. The van der Waals surface area contributed by atoms with Crippen molar-refractivity contribution in [2.24, 2.45) is 0 Å². The molecule has 0 bridgehead atoms. The second kappa shape index (κ2) is 4.92. The Bertz CT molecular complexity index is 316. The molecule has 0 aromatic carbocycles. The van der Waals surface area contributed by atoms with E-state index in [9.17, 15) is 0 Å². The van der Waals surface area contributed by atoms with Crippen molar-refractivity contribution in [3.05, 3.63) is 11.9 Å². The van der Waals surface area contributed by atoms with Crippen LogP contribution in [0, 0.1) is 6.92 Å². The molecule has 84 valence electrons. The fraction of sp³-hybridized carbons (Fsp3) is 0.727. The van der Waals surface area contributed by atoms with Crippen LogP contribution in [0.25, 0.3) is 0 Å². The number of hydrogen-bond donors (Lipinski definition) is 1. The molecule has 1 saturated heterocycles. The van der Waals surface area contributed by atoms with Gasteiger partial charge in [-0.1, -0.05) is 0 Å². The number of imidazole rings is 1. The topological polar surface area (TPSA) is 29.9 Å². The first-order valence-electron chi connectivity index (χ1n) is 5.69. The molecule has 0 aliphatic carbocycles. The van der Waals surface area contributed by atoms with Gasteiger partial charge in [-0.2, -0.15) is 11.8 Å². The zero-order valence-electron chi connectivity index (χ0n) is 9.49. The average molecular weight is 225 g/mol. The smallest absolute Gasteiger partial charge is 0.203 e. The Morgan fingerprint density at radius 2 is 2.53 bits per heavy atom. The van der Waals surface area contributed by atoms with Gasteiger partial charge in [-0.05, 0) is 32.4 Å². The molecule has 2 rings (SSSR count). The first-order chi connectivity index (χ1) is 7.29. The quantitative estimate of drug-likeness (QED) is 0.854. The minimum atomic E-state index is 0.788. The fourth-order valence-electron chi connectivity index (χ4n) is 1.99. The lowest BCUT2D eigenvalue weighted by Crippen LogP contribution is -2.13. The summed E-state index contributed by atoms with van der Waals surface area (Å²) >= 11 is 2.10. The maximum Gasteiger partial charge on any atom is 0.203 e. The van der Waals surface area contributed by atoms with Gasteiger partial charge < -0.3 is 9.88 Å². The van der Waals surface area contributed by atoms with Gasteiger partial charge in [-0.25, -0.2) is 4.98 Å². The highest BCUT2D eigenvalue weighted by atomic mass is 32.2. The van der Waals surface area contributed by atoms with E-state index in [1.54, 1.807) is 0 Å². The van der Waals surface area contributed by atoms with E-state index in [-0.39, 0.29) is 0 Å². The van der Waals surface area contributed by atoms with Crippen LogP contribution in [-0.2, 0) is 6.54 Å². The standard InChI is InChI=1S/C11H19N3S/c1-3-12-11-13-9(2)7-14(11)8-10-5-4-6-15-10/h7,10H,3-6,8H2,1-2H3,(H,12,13). The van der Waals surface area contributed by atoms with Gasteiger partial charge in [-0.3, -0.25) is 0 Å². The summed E-state index contributed by atoms with van der Waals surface area (Å²) in [7, 11) is 0. The summed E-state index contributed by atoms with van der Waals surface area (Å²) in [4.78, 5) is 4.49. The Labute approximate surface area is 95.7 Å². The largest absolute Gasteiger partial charge is 0.356 e. The van der Waals surface area contributed by atoms with Crippen molar-refractivity contribution >= 4 is 17.7 Å². The molecule has 0 amide bonds. The van der Waals surface area contributed by atoms with Crippen LogP contribution in [-0.4, -0.2) is 27.1 Å². The SMILES string of the molecule is CCNc1nc(C)cn1CC1CCCS1. The van der Waals surface area contributed by atoms with E-state index >= 15 is 0 Å². The highest BCUT2D eigenvalue weighted by Gasteiger charge is 2.17. The Hall–Kier alpha value is -0.640. The lowest BCUT2D eigenvalue weighted by atomic mass is 10.2. The molecule has 1 aliphatic rings. The van der Waals surface area contributed by atoms with E-state index in [0.29, 0.717) is 0 Å². The van der Waals surface area contributed by atoms with Crippen molar-refractivity contribution in [3.63, 3.8) is 0 Å². The molecule has 0 spiro atoms. The van der Waals surface area contributed by atoms with E-state index in [1.807, 2.05) is 0 Å². The molecular weight excluding hydrogens is 206 g/mol. The molecule has 3 nitrogen and oxygen atoms in total. The van der Waals surface area contributed by atoms with Crippen molar-refractivity contribution < 1.29 is 0 Å². The van der Waals surface area contributed by atoms with Crippen LogP contribution in [0.5, 0.6) is 0 Å². The van der Waals surface area contributed by atoms with Crippen LogP contribution in [0.4, 0.5) is 5.95 Å². The molecule has 0 saturated carbocycles. The predicted octanol–water partition coefficient (Wildman–Crippen LogP) is 2.52. The van der Waals surface area contributed by atoms with Gasteiger partial charge in [0.15, 0.2) is 0 Å². The first kappa shape index (κ1) is 10.9. The number of anilines is 1. The second-order valence-electron chi connectivity index (χ2n) is 4.02. The average Bonchev–Trinajstić information content (AvgIpc) is 2.78. The Morgan fingerprint density at radius 1 is 1.67 bits per heavy atom. The monoisotopic (exact) mass is 225 g/mol. The van der Waals surface area contributed by atoms with Crippen LogP contribution in [0.1, 0.15) is 25.5 Å². The highest BCUT2D eigenvalue weighted by molar-refractivity contribution is 8.00. The van der Waals surface area contributed by atoms with E-state index in [2.05, 4.69) is 46.7 Å². The maximum atomic E-state index is 4.49. The molecular formula is C11H19N3S. The zero-order chi connectivity index (χ0) is 10.7. The van der Waals surface area contributed by atoms with E-state index < -0.39 is 0 Å². The highest BCUT2D eigenvalue weighted by Crippen LogP contribution is 2.28. The summed E-state index contributed by atoms with van der Waals surface area (Å²) < 4.78 is 2.27. The molecule has 1 N–H and O–H groups in total. The third-order valence-electron chi connectivity index (χ3n) is 2.66. The van der Waals surface area contributed by atoms with Crippen LogP contribution < -0.4 is 5.32 Å². The van der Waals surface area contributed by atoms with Crippen molar-refractivity contribution in [3.8, 4) is 0 Å². The fourth-order valence-corrected chi connectivity index (χ4v) is 3.26. The first-order valence-corrected chi connectivity index (χ1v) is 6.73. The molecule has 2 heterocycles. The van der Waals surface area contributed by atoms with E-state index in [1.165, 1.54) is 18.6 Å². The van der Waals surface area contributed by atoms with Crippen LogP contribution in [0.15, 0.2) is 6.20 Å². The Kier molecular flexibility index (Phi) is 3.57. The molecule has 1 atom stereocenters. The van der Waals surface area contributed by atoms with E-state index in [0.717, 1.165) is 30.0 Å². The lowest BCUT2D eigenvalue weighted by molar-refractivity contribution is 0.641. The number of nitrogens with zero attached hydrogens (tertiary/aromatic N) is 2. The lowest BCUT2D eigenvalue weighted by Gasteiger charge is -2.12. The molecule has 1 aliphatic heterocycles. The number of aromatic nitrogens is 2. The van der Waals surface area contributed by atoms with Gasteiger partial charge in [0.25, 0.3) is 0 Å². The van der Waals surface area contributed by atoms with Crippen molar-refractivity contribution in [2.75, 3.05) is 17.6 Å². The predicted molar refractivity (Wildman–Crippen MR) is 66.6 cm³/mol. The second-order valence-corrected chi connectivity index (χ2v) is 5.43. The van der Waals surface area contributed by atoms with Gasteiger partial charge >= 0.3 is 0 Å². The van der Waals surface area contributed by atoms with Gasteiger partial charge in [0.2, 0.25) is 5.95 Å². The third kappa shape index (κ3) is 2.68. The maximum absolute atomic E-state index is 4.49. The Morgan fingerprint density at radius 3 is 3.20 bits per heavy atom. The molecule has 0 radical (unpaired) electrons. The zero-order valence-corrected chi connectivity index (χ0v) is 10.3. The van der Waals surface area contributed by atoms with Crippen LogP contribution in [0.3, 0.4) is 0 Å².